The highest BCUT2D eigenvalue weighted by molar-refractivity contribution is 9.10. The van der Waals surface area contributed by atoms with Crippen LogP contribution >= 0.6 is 15.9 Å². The highest BCUT2D eigenvalue weighted by atomic mass is 79.9. The molecule has 0 bridgehead atoms. The van der Waals surface area contributed by atoms with Gasteiger partial charge in [-0.1, -0.05) is 13.3 Å². The minimum Gasteiger partial charge on any atom is -0.490 e. The van der Waals surface area contributed by atoms with Crippen molar-refractivity contribution in [3.8, 4) is 17.6 Å². The van der Waals surface area contributed by atoms with Crippen molar-refractivity contribution >= 4 is 27.4 Å². The molecule has 1 aliphatic heterocycles. The first-order chi connectivity index (χ1) is 14.9. The van der Waals surface area contributed by atoms with E-state index < -0.39 is 0 Å². The third-order valence-corrected chi connectivity index (χ3v) is 6.35. The van der Waals surface area contributed by atoms with Gasteiger partial charge in [0.15, 0.2) is 17.3 Å². The number of ether oxygens (including phenoxy) is 2. The number of aliphatic hydroxyl groups is 1. The summed E-state index contributed by atoms with van der Waals surface area (Å²) in [6.07, 6.45) is 3.82. The molecular weight excluding hydrogens is 460 g/mol. The molecule has 3 rings (SSSR count). The van der Waals surface area contributed by atoms with Gasteiger partial charge in [0.05, 0.1) is 35.0 Å². The molecule has 0 aromatic heterocycles. The first-order valence-corrected chi connectivity index (χ1v) is 11.6. The summed E-state index contributed by atoms with van der Waals surface area (Å²) in [7, 11) is 0. The van der Waals surface area contributed by atoms with Crippen molar-refractivity contribution in [1.29, 1.82) is 5.26 Å². The molecule has 7 heteroatoms. The molecule has 1 atom stereocenters. The third-order valence-electron chi connectivity index (χ3n) is 5.76. The number of halogens is 1. The number of nitriles is 1. The predicted molar refractivity (Wildman–Crippen MR) is 123 cm³/mol. The molecular formula is C24H29BrN2O4. The number of nitrogens with zero attached hydrogens (tertiary/aromatic N) is 2. The zero-order valence-electron chi connectivity index (χ0n) is 18.3. The molecule has 0 spiro atoms. The van der Waals surface area contributed by atoms with E-state index in [0.717, 1.165) is 41.9 Å². The van der Waals surface area contributed by atoms with E-state index in [1.807, 2.05) is 30.9 Å². The van der Waals surface area contributed by atoms with Crippen molar-refractivity contribution in [1.82, 2.24) is 0 Å². The van der Waals surface area contributed by atoms with Crippen molar-refractivity contribution in [2.45, 2.75) is 52.9 Å². The number of rotatable bonds is 8. The van der Waals surface area contributed by atoms with E-state index in [2.05, 4.69) is 28.9 Å². The SMILES string of the molecule is CCCC1CC(=O)C2=C(C1)N(c1cc(Br)c(OCCO)c(OCC)c1)C(C)=C(C#N)C2. The van der Waals surface area contributed by atoms with Gasteiger partial charge in [0.25, 0.3) is 0 Å². The van der Waals surface area contributed by atoms with Gasteiger partial charge in [0, 0.05) is 35.9 Å². The van der Waals surface area contributed by atoms with E-state index in [1.54, 1.807) is 0 Å². The summed E-state index contributed by atoms with van der Waals surface area (Å²) >= 11 is 3.58. The Morgan fingerprint density at radius 1 is 1.29 bits per heavy atom. The van der Waals surface area contributed by atoms with Gasteiger partial charge in [-0.3, -0.25) is 4.79 Å². The summed E-state index contributed by atoms with van der Waals surface area (Å²) in [6.45, 7) is 6.47. The zero-order chi connectivity index (χ0) is 22.5. The van der Waals surface area contributed by atoms with E-state index in [-0.39, 0.29) is 19.0 Å². The van der Waals surface area contributed by atoms with Gasteiger partial charge in [-0.2, -0.15) is 5.26 Å². The van der Waals surface area contributed by atoms with E-state index in [0.29, 0.717) is 46.9 Å². The Labute approximate surface area is 192 Å². The number of hydrogen-bond acceptors (Lipinski definition) is 6. The summed E-state index contributed by atoms with van der Waals surface area (Å²) < 4.78 is 12.2. The van der Waals surface area contributed by atoms with Crippen LogP contribution in [0.2, 0.25) is 0 Å². The van der Waals surface area contributed by atoms with Gasteiger partial charge in [0.1, 0.15) is 6.61 Å². The minimum atomic E-state index is -0.101. The number of allylic oxidation sites excluding steroid dienone is 4. The van der Waals surface area contributed by atoms with Crippen LogP contribution in [0.15, 0.2) is 39.1 Å². The van der Waals surface area contributed by atoms with E-state index in [4.69, 9.17) is 14.6 Å². The summed E-state index contributed by atoms with van der Waals surface area (Å²) in [6, 6.07) is 6.09. The molecule has 0 saturated heterocycles. The topological polar surface area (TPSA) is 82.8 Å². The number of anilines is 1. The van der Waals surface area contributed by atoms with Crippen LogP contribution in [0, 0.1) is 17.2 Å². The lowest BCUT2D eigenvalue weighted by atomic mass is 9.79. The molecule has 31 heavy (non-hydrogen) atoms. The van der Waals surface area contributed by atoms with Crippen molar-refractivity contribution in [3.63, 3.8) is 0 Å². The third kappa shape index (κ3) is 4.81. The zero-order valence-corrected chi connectivity index (χ0v) is 19.9. The molecule has 1 aliphatic carbocycles. The summed E-state index contributed by atoms with van der Waals surface area (Å²) in [4.78, 5) is 15.0. The Morgan fingerprint density at radius 3 is 2.71 bits per heavy atom. The number of Topliss-reactive ketones (excluding diaryl/α,β-unsaturated/α-hetero) is 1. The number of benzene rings is 1. The lowest BCUT2D eigenvalue weighted by molar-refractivity contribution is -0.117. The van der Waals surface area contributed by atoms with Crippen LogP contribution in [0.3, 0.4) is 0 Å². The second-order valence-corrected chi connectivity index (χ2v) is 8.71. The summed E-state index contributed by atoms with van der Waals surface area (Å²) in [5.74, 6) is 1.54. The molecule has 1 unspecified atom stereocenters. The number of hydrogen-bond donors (Lipinski definition) is 1. The number of ketones is 1. The number of aliphatic hydroxyl groups excluding tert-OH is 1. The maximum Gasteiger partial charge on any atom is 0.175 e. The Morgan fingerprint density at radius 2 is 2.06 bits per heavy atom. The predicted octanol–water partition coefficient (Wildman–Crippen LogP) is 5.26. The average molecular weight is 489 g/mol. The quantitative estimate of drug-likeness (QED) is 0.537. The molecule has 0 saturated carbocycles. The van der Waals surface area contributed by atoms with Gasteiger partial charge >= 0.3 is 0 Å². The summed E-state index contributed by atoms with van der Waals surface area (Å²) in [5, 5.41) is 18.9. The first-order valence-electron chi connectivity index (χ1n) is 10.8. The Balaban J connectivity index is 2.13. The molecule has 0 amide bonds. The van der Waals surface area contributed by atoms with Crippen molar-refractivity contribution in [3.05, 3.63) is 39.1 Å². The molecule has 6 nitrogen and oxygen atoms in total. The number of carbonyl (C=O) groups is 1. The van der Waals surface area contributed by atoms with Crippen LogP contribution in [0.1, 0.15) is 52.9 Å². The van der Waals surface area contributed by atoms with E-state index in [1.165, 1.54) is 0 Å². The first kappa shape index (κ1) is 23.4. The van der Waals surface area contributed by atoms with E-state index in [9.17, 15) is 10.1 Å². The van der Waals surface area contributed by atoms with E-state index >= 15 is 0 Å². The maximum absolute atomic E-state index is 13.0. The second kappa shape index (κ2) is 10.3. The Bertz CT molecular complexity index is 961. The van der Waals surface area contributed by atoms with Crippen LogP contribution < -0.4 is 14.4 Å². The normalized spacial score (nSPS) is 18.8. The largest absolute Gasteiger partial charge is 0.490 e. The lowest BCUT2D eigenvalue weighted by Gasteiger charge is -2.39. The molecule has 166 valence electrons. The van der Waals surface area contributed by atoms with Crippen LogP contribution in [-0.4, -0.2) is 30.7 Å². The molecule has 0 radical (unpaired) electrons. The smallest absolute Gasteiger partial charge is 0.175 e. The number of carbonyl (C=O) groups excluding carboxylic acids is 1. The van der Waals surface area contributed by atoms with Crippen LogP contribution in [0.25, 0.3) is 0 Å². The molecule has 2 aliphatic rings. The van der Waals surface area contributed by atoms with Crippen molar-refractivity contribution in [2.24, 2.45) is 5.92 Å². The highest BCUT2D eigenvalue weighted by Crippen LogP contribution is 2.46. The molecule has 1 aromatic carbocycles. The Hall–Kier alpha value is -2.30. The van der Waals surface area contributed by atoms with Gasteiger partial charge in [-0.05, 0) is 54.6 Å². The standard InChI is InChI=1S/C24H29BrN2O4/c1-4-6-16-9-21-19(22(29)10-16)11-17(14-26)15(3)27(21)18-12-20(25)24(31-8-7-28)23(13-18)30-5-2/h12-13,16,28H,4-11H2,1-3H3. The fourth-order valence-corrected chi connectivity index (χ4v) is 4.94. The second-order valence-electron chi connectivity index (χ2n) is 7.86. The van der Waals surface area contributed by atoms with Crippen molar-refractivity contribution in [2.75, 3.05) is 24.7 Å². The molecule has 0 fully saturated rings. The molecule has 1 aromatic rings. The minimum absolute atomic E-state index is 0.101. The Kier molecular flexibility index (Phi) is 7.79. The maximum atomic E-state index is 13.0. The van der Waals surface area contributed by atoms with Crippen LogP contribution in [-0.2, 0) is 4.79 Å². The lowest BCUT2D eigenvalue weighted by Crippen LogP contribution is -2.34. The van der Waals surface area contributed by atoms with Crippen molar-refractivity contribution < 1.29 is 19.4 Å². The van der Waals surface area contributed by atoms with Crippen LogP contribution in [0.5, 0.6) is 11.5 Å². The van der Waals surface area contributed by atoms with Gasteiger partial charge in [-0.15, -0.1) is 0 Å². The fraction of sp³-hybridized carbons (Fsp3) is 0.500. The van der Waals surface area contributed by atoms with Gasteiger partial charge < -0.3 is 19.5 Å². The molecule has 1 N–H and O–H groups in total. The average Bonchev–Trinajstić information content (AvgIpc) is 2.73. The van der Waals surface area contributed by atoms with Crippen LogP contribution in [0.4, 0.5) is 5.69 Å². The van der Waals surface area contributed by atoms with Gasteiger partial charge in [-0.25, -0.2) is 0 Å². The highest BCUT2D eigenvalue weighted by Gasteiger charge is 2.36. The monoisotopic (exact) mass is 488 g/mol. The summed E-state index contributed by atoms with van der Waals surface area (Å²) in [5.41, 5.74) is 4.00. The van der Waals surface area contributed by atoms with Gasteiger partial charge in [0.2, 0.25) is 0 Å². The molecule has 1 heterocycles. The fourth-order valence-electron chi connectivity index (χ4n) is 4.40.